The molecule has 11 heavy (non-hydrogen) atoms. The molecule has 0 aromatic carbocycles. The van der Waals surface area contributed by atoms with E-state index in [9.17, 15) is 5.11 Å². The molecule has 0 spiro atoms. The van der Waals surface area contributed by atoms with E-state index < -0.39 is 0 Å². The van der Waals surface area contributed by atoms with Gasteiger partial charge in [0.05, 0.1) is 13.2 Å². The van der Waals surface area contributed by atoms with E-state index >= 15 is 0 Å². The van der Waals surface area contributed by atoms with Gasteiger partial charge in [-0.05, 0) is 19.3 Å². The monoisotopic (exact) mass is 156 g/mol. The molecular formula is C9H16O2. The minimum absolute atomic E-state index is 0.264. The zero-order chi connectivity index (χ0) is 7.95. The van der Waals surface area contributed by atoms with Crippen LogP contribution in [0.15, 0.2) is 0 Å². The van der Waals surface area contributed by atoms with Gasteiger partial charge in [0, 0.05) is 17.4 Å². The molecule has 0 aromatic rings. The number of rotatable bonds is 3. The second kappa shape index (κ2) is 2.20. The van der Waals surface area contributed by atoms with Crippen LogP contribution in [0, 0.1) is 10.8 Å². The highest BCUT2D eigenvalue weighted by molar-refractivity contribution is 5.09. The summed E-state index contributed by atoms with van der Waals surface area (Å²) in [5.41, 5.74) is 0.613. The standard InChI is InChI=1S/C9H16O2/c1-2-8(6-11-7-8)9(5-10)3-4-9/h10H,2-7H2,1H3. The zero-order valence-electron chi connectivity index (χ0n) is 7.10. The Bertz CT molecular complexity index is 151. The van der Waals surface area contributed by atoms with Gasteiger partial charge in [0.15, 0.2) is 0 Å². The van der Waals surface area contributed by atoms with Crippen LogP contribution in [0.5, 0.6) is 0 Å². The lowest BCUT2D eigenvalue weighted by atomic mass is 9.69. The summed E-state index contributed by atoms with van der Waals surface area (Å²) in [4.78, 5) is 0. The number of hydrogen-bond donors (Lipinski definition) is 1. The van der Waals surface area contributed by atoms with Gasteiger partial charge in [-0.3, -0.25) is 0 Å². The molecule has 2 nitrogen and oxygen atoms in total. The van der Waals surface area contributed by atoms with Crippen molar-refractivity contribution >= 4 is 0 Å². The summed E-state index contributed by atoms with van der Waals surface area (Å²) in [6.07, 6.45) is 3.58. The zero-order valence-corrected chi connectivity index (χ0v) is 7.10. The fourth-order valence-electron chi connectivity index (χ4n) is 2.24. The maximum atomic E-state index is 9.23. The van der Waals surface area contributed by atoms with Gasteiger partial charge in [-0.15, -0.1) is 0 Å². The van der Waals surface area contributed by atoms with E-state index in [1.807, 2.05) is 0 Å². The van der Waals surface area contributed by atoms with Gasteiger partial charge in [0.2, 0.25) is 0 Å². The Balaban J connectivity index is 2.11. The molecule has 0 radical (unpaired) electrons. The highest BCUT2D eigenvalue weighted by Gasteiger charge is 2.61. The fourth-order valence-corrected chi connectivity index (χ4v) is 2.24. The SMILES string of the molecule is CCC1(C2(CO)CC2)COC1. The Morgan fingerprint density at radius 2 is 1.91 bits per heavy atom. The third kappa shape index (κ3) is 0.798. The molecule has 2 rings (SSSR count). The van der Waals surface area contributed by atoms with Gasteiger partial charge < -0.3 is 9.84 Å². The van der Waals surface area contributed by atoms with Crippen LogP contribution in [-0.4, -0.2) is 24.9 Å². The molecule has 0 atom stereocenters. The van der Waals surface area contributed by atoms with Gasteiger partial charge in [-0.2, -0.15) is 0 Å². The lowest BCUT2D eigenvalue weighted by Gasteiger charge is -2.47. The van der Waals surface area contributed by atoms with Gasteiger partial charge in [0.25, 0.3) is 0 Å². The Morgan fingerprint density at radius 1 is 1.27 bits per heavy atom. The van der Waals surface area contributed by atoms with Crippen LogP contribution in [-0.2, 0) is 4.74 Å². The first-order chi connectivity index (χ1) is 5.29. The van der Waals surface area contributed by atoms with Crippen molar-refractivity contribution in [3.63, 3.8) is 0 Å². The van der Waals surface area contributed by atoms with Crippen LogP contribution in [0.2, 0.25) is 0 Å². The van der Waals surface area contributed by atoms with Gasteiger partial charge >= 0.3 is 0 Å². The highest BCUT2D eigenvalue weighted by Crippen LogP contribution is 2.62. The molecule has 0 bridgehead atoms. The summed E-state index contributed by atoms with van der Waals surface area (Å²) < 4.78 is 5.25. The quantitative estimate of drug-likeness (QED) is 0.665. The number of aliphatic hydroxyl groups is 1. The van der Waals surface area contributed by atoms with Crippen LogP contribution in [0.4, 0.5) is 0 Å². The van der Waals surface area contributed by atoms with E-state index in [-0.39, 0.29) is 5.41 Å². The van der Waals surface area contributed by atoms with E-state index in [1.165, 1.54) is 12.8 Å². The van der Waals surface area contributed by atoms with Crippen molar-refractivity contribution in [3.8, 4) is 0 Å². The topological polar surface area (TPSA) is 29.5 Å². The van der Waals surface area contributed by atoms with Crippen LogP contribution < -0.4 is 0 Å². The number of aliphatic hydroxyl groups excluding tert-OH is 1. The maximum absolute atomic E-state index is 9.23. The van der Waals surface area contributed by atoms with E-state index in [4.69, 9.17) is 4.74 Å². The first-order valence-electron chi connectivity index (χ1n) is 4.47. The molecule has 64 valence electrons. The van der Waals surface area contributed by atoms with Gasteiger partial charge in [-0.1, -0.05) is 6.92 Å². The van der Waals surface area contributed by atoms with E-state index in [1.54, 1.807) is 0 Å². The lowest BCUT2D eigenvalue weighted by molar-refractivity contribution is -0.166. The van der Waals surface area contributed by atoms with Crippen molar-refractivity contribution in [2.45, 2.75) is 26.2 Å². The van der Waals surface area contributed by atoms with Crippen molar-refractivity contribution in [1.82, 2.24) is 0 Å². The van der Waals surface area contributed by atoms with E-state index in [0.717, 1.165) is 19.6 Å². The van der Waals surface area contributed by atoms with Crippen molar-refractivity contribution < 1.29 is 9.84 Å². The molecule has 2 fully saturated rings. The summed E-state index contributed by atoms with van der Waals surface area (Å²) in [5.74, 6) is 0. The van der Waals surface area contributed by atoms with Crippen LogP contribution in [0.1, 0.15) is 26.2 Å². The van der Waals surface area contributed by atoms with Crippen molar-refractivity contribution in [2.75, 3.05) is 19.8 Å². The molecule has 1 heterocycles. The Labute approximate surface area is 67.6 Å². The van der Waals surface area contributed by atoms with Crippen molar-refractivity contribution in [2.24, 2.45) is 10.8 Å². The Kier molecular flexibility index (Phi) is 1.52. The molecule has 1 N–H and O–H groups in total. The minimum Gasteiger partial charge on any atom is -0.396 e. The normalized spacial score (nSPS) is 31.1. The Hall–Kier alpha value is -0.0800. The largest absolute Gasteiger partial charge is 0.396 e. The molecule has 2 heteroatoms. The molecule has 1 aliphatic carbocycles. The van der Waals surface area contributed by atoms with Gasteiger partial charge in [-0.25, -0.2) is 0 Å². The molecule has 0 amide bonds. The maximum Gasteiger partial charge on any atom is 0.0550 e. The highest BCUT2D eigenvalue weighted by atomic mass is 16.5. The van der Waals surface area contributed by atoms with Crippen LogP contribution in [0.25, 0.3) is 0 Å². The van der Waals surface area contributed by atoms with Crippen molar-refractivity contribution in [3.05, 3.63) is 0 Å². The second-order valence-electron chi connectivity index (χ2n) is 4.07. The predicted octanol–water partition coefficient (Wildman–Crippen LogP) is 1.19. The molecular weight excluding hydrogens is 140 g/mol. The minimum atomic E-state index is 0.264. The molecule has 0 unspecified atom stereocenters. The summed E-state index contributed by atoms with van der Waals surface area (Å²) in [7, 11) is 0. The first kappa shape index (κ1) is 7.56. The van der Waals surface area contributed by atoms with E-state index in [2.05, 4.69) is 6.92 Å². The summed E-state index contributed by atoms with van der Waals surface area (Å²) in [5, 5.41) is 9.23. The molecule has 0 aromatic heterocycles. The Morgan fingerprint density at radius 3 is 2.00 bits per heavy atom. The summed E-state index contributed by atoms with van der Waals surface area (Å²) in [6, 6.07) is 0. The first-order valence-corrected chi connectivity index (χ1v) is 4.47. The molecule has 1 saturated carbocycles. The predicted molar refractivity (Wildman–Crippen MR) is 42.3 cm³/mol. The summed E-state index contributed by atoms with van der Waals surface area (Å²) in [6.45, 7) is 4.33. The lowest BCUT2D eigenvalue weighted by Crippen LogP contribution is -2.50. The third-order valence-electron chi connectivity index (χ3n) is 3.71. The van der Waals surface area contributed by atoms with Crippen LogP contribution >= 0.6 is 0 Å². The molecule has 1 aliphatic heterocycles. The summed E-state index contributed by atoms with van der Waals surface area (Å²) >= 11 is 0. The average molecular weight is 156 g/mol. The van der Waals surface area contributed by atoms with E-state index in [0.29, 0.717) is 12.0 Å². The third-order valence-corrected chi connectivity index (χ3v) is 3.71. The van der Waals surface area contributed by atoms with Gasteiger partial charge in [0.1, 0.15) is 0 Å². The average Bonchev–Trinajstić information content (AvgIpc) is 2.68. The molecule has 2 aliphatic rings. The number of ether oxygens (including phenoxy) is 1. The van der Waals surface area contributed by atoms with Crippen molar-refractivity contribution in [1.29, 1.82) is 0 Å². The second-order valence-corrected chi connectivity index (χ2v) is 4.07. The van der Waals surface area contributed by atoms with Crippen LogP contribution in [0.3, 0.4) is 0 Å². The smallest absolute Gasteiger partial charge is 0.0550 e. The molecule has 1 saturated heterocycles. The number of hydrogen-bond acceptors (Lipinski definition) is 2. The fraction of sp³-hybridized carbons (Fsp3) is 1.00.